The molecule has 134 valence electrons. The quantitative estimate of drug-likeness (QED) is 0.828. The van der Waals surface area contributed by atoms with E-state index in [1.807, 2.05) is 32.9 Å². The summed E-state index contributed by atoms with van der Waals surface area (Å²) in [6.45, 7) is 6.31. The van der Waals surface area contributed by atoms with Crippen molar-refractivity contribution in [2.75, 3.05) is 14.2 Å². The molecule has 0 bridgehead atoms. The van der Waals surface area contributed by atoms with Crippen LogP contribution in [-0.2, 0) is 11.3 Å². The van der Waals surface area contributed by atoms with Gasteiger partial charge >= 0.3 is 12.0 Å². The first-order chi connectivity index (χ1) is 11.8. The topological polar surface area (TPSA) is 71.5 Å². The number of methoxy groups -OCH3 is 1. The lowest BCUT2D eigenvalue weighted by Gasteiger charge is -2.21. The number of nitrogens with zero attached hydrogens (tertiary/aromatic N) is 2. The van der Waals surface area contributed by atoms with E-state index in [0.29, 0.717) is 12.1 Å². The molecule has 0 saturated heterocycles. The van der Waals surface area contributed by atoms with E-state index >= 15 is 0 Å². The monoisotopic (exact) mass is 361 g/mol. The van der Waals surface area contributed by atoms with Crippen LogP contribution in [0.4, 0.5) is 4.79 Å². The maximum absolute atomic E-state index is 12.4. The highest BCUT2D eigenvalue weighted by atomic mass is 32.1. The van der Waals surface area contributed by atoms with E-state index in [4.69, 9.17) is 0 Å². The van der Waals surface area contributed by atoms with Gasteiger partial charge in [-0.3, -0.25) is 0 Å². The summed E-state index contributed by atoms with van der Waals surface area (Å²) >= 11 is 1.60. The summed E-state index contributed by atoms with van der Waals surface area (Å²) in [5, 5.41) is 3.99. The maximum Gasteiger partial charge on any atom is 0.337 e. The summed E-state index contributed by atoms with van der Waals surface area (Å²) in [6, 6.07) is 6.77. The Morgan fingerprint density at radius 1 is 1.28 bits per heavy atom. The first-order valence-corrected chi connectivity index (χ1v) is 8.76. The SMILES string of the molecule is COC(=O)c1ccc(CN(C)C(=O)N[C@@H](C)c2sc(C)nc2C)cc1. The van der Waals surface area contributed by atoms with Crippen molar-refractivity contribution in [2.24, 2.45) is 0 Å². The minimum atomic E-state index is -0.373. The molecule has 2 aromatic rings. The molecule has 0 fully saturated rings. The molecule has 1 aromatic heterocycles. The van der Waals surface area contributed by atoms with Crippen LogP contribution >= 0.6 is 11.3 Å². The van der Waals surface area contributed by atoms with Gasteiger partial charge in [-0.2, -0.15) is 0 Å². The first-order valence-electron chi connectivity index (χ1n) is 7.94. The van der Waals surface area contributed by atoms with Crippen molar-refractivity contribution >= 4 is 23.3 Å². The zero-order chi connectivity index (χ0) is 18.6. The average Bonchev–Trinajstić information content (AvgIpc) is 2.93. The van der Waals surface area contributed by atoms with Crippen molar-refractivity contribution in [3.63, 3.8) is 0 Å². The molecule has 0 aliphatic rings. The van der Waals surface area contributed by atoms with Gasteiger partial charge in [-0.25, -0.2) is 14.6 Å². The second-order valence-corrected chi connectivity index (χ2v) is 7.13. The van der Waals surface area contributed by atoms with E-state index in [1.165, 1.54) is 7.11 Å². The van der Waals surface area contributed by atoms with Gasteiger partial charge < -0.3 is 15.0 Å². The summed E-state index contributed by atoms with van der Waals surface area (Å²) in [5.41, 5.74) is 2.38. The zero-order valence-corrected chi connectivity index (χ0v) is 15.9. The van der Waals surface area contributed by atoms with Crippen LogP contribution in [0.25, 0.3) is 0 Å². The highest BCUT2D eigenvalue weighted by Gasteiger charge is 2.17. The molecular formula is C18H23N3O3S. The molecule has 6 nitrogen and oxygen atoms in total. The molecule has 0 spiro atoms. The predicted molar refractivity (Wildman–Crippen MR) is 97.8 cm³/mol. The fraction of sp³-hybridized carbons (Fsp3) is 0.389. The number of aryl methyl sites for hydroxylation is 2. The number of amides is 2. The average molecular weight is 361 g/mol. The van der Waals surface area contributed by atoms with Gasteiger partial charge in [-0.15, -0.1) is 11.3 Å². The van der Waals surface area contributed by atoms with Crippen molar-refractivity contribution in [3.8, 4) is 0 Å². The number of carbonyl (C=O) groups excluding carboxylic acids is 2. The Labute approximate surface area is 151 Å². The molecule has 25 heavy (non-hydrogen) atoms. The number of carbonyl (C=O) groups is 2. The number of rotatable bonds is 5. The molecule has 1 N–H and O–H groups in total. The van der Waals surface area contributed by atoms with Gasteiger partial charge in [0.05, 0.1) is 29.4 Å². The zero-order valence-electron chi connectivity index (χ0n) is 15.1. The van der Waals surface area contributed by atoms with Crippen LogP contribution < -0.4 is 5.32 Å². The highest BCUT2D eigenvalue weighted by molar-refractivity contribution is 7.11. The van der Waals surface area contributed by atoms with Crippen molar-refractivity contribution in [1.82, 2.24) is 15.2 Å². The summed E-state index contributed by atoms with van der Waals surface area (Å²) < 4.78 is 4.67. The van der Waals surface area contributed by atoms with E-state index in [0.717, 1.165) is 21.1 Å². The molecule has 1 heterocycles. The smallest absolute Gasteiger partial charge is 0.337 e. The number of hydrogen-bond donors (Lipinski definition) is 1. The van der Waals surface area contributed by atoms with Gasteiger partial charge in [0.25, 0.3) is 0 Å². The van der Waals surface area contributed by atoms with Gasteiger partial charge in [0, 0.05) is 18.5 Å². The highest BCUT2D eigenvalue weighted by Crippen LogP contribution is 2.24. The third-order valence-electron chi connectivity index (χ3n) is 3.81. The number of hydrogen-bond acceptors (Lipinski definition) is 5. The van der Waals surface area contributed by atoms with Gasteiger partial charge in [0.2, 0.25) is 0 Å². The van der Waals surface area contributed by atoms with Crippen LogP contribution in [-0.4, -0.2) is 36.0 Å². The van der Waals surface area contributed by atoms with Crippen molar-refractivity contribution < 1.29 is 14.3 Å². The Morgan fingerprint density at radius 3 is 2.44 bits per heavy atom. The van der Waals surface area contributed by atoms with E-state index in [9.17, 15) is 9.59 Å². The molecule has 7 heteroatoms. The van der Waals surface area contributed by atoms with Gasteiger partial charge in [-0.05, 0) is 38.5 Å². The lowest BCUT2D eigenvalue weighted by molar-refractivity contribution is 0.0600. The number of ether oxygens (including phenoxy) is 1. The minimum absolute atomic E-state index is 0.0946. The molecule has 0 aliphatic heterocycles. The summed E-state index contributed by atoms with van der Waals surface area (Å²) in [5.74, 6) is -0.373. The van der Waals surface area contributed by atoms with Crippen LogP contribution in [0.15, 0.2) is 24.3 Å². The van der Waals surface area contributed by atoms with E-state index < -0.39 is 0 Å². The van der Waals surface area contributed by atoms with Crippen LogP contribution in [0, 0.1) is 13.8 Å². The van der Waals surface area contributed by atoms with Crippen molar-refractivity contribution in [2.45, 2.75) is 33.4 Å². The Bertz CT molecular complexity index is 755. The van der Waals surface area contributed by atoms with Crippen molar-refractivity contribution in [3.05, 3.63) is 51.0 Å². The fourth-order valence-corrected chi connectivity index (χ4v) is 3.45. The number of nitrogens with one attached hydrogen (secondary N) is 1. The molecule has 0 saturated carbocycles. The van der Waals surface area contributed by atoms with Crippen LogP contribution in [0.2, 0.25) is 0 Å². The first kappa shape index (κ1) is 18.9. The Kier molecular flexibility index (Phi) is 6.14. The van der Waals surface area contributed by atoms with Gasteiger partial charge in [0.15, 0.2) is 0 Å². The molecule has 2 rings (SSSR count). The molecule has 0 unspecified atom stereocenters. The third kappa shape index (κ3) is 4.79. The van der Waals surface area contributed by atoms with Crippen LogP contribution in [0.3, 0.4) is 0 Å². The van der Waals surface area contributed by atoms with Crippen LogP contribution in [0.5, 0.6) is 0 Å². The van der Waals surface area contributed by atoms with Gasteiger partial charge in [-0.1, -0.05) is 12.1 Å². The number of benzene rings is 1. The largest absolute Gasteiger partial charge is 0.465 e. The normalized spacial score (nSPS) is 11.7. The van der Waals surface area contributed by atoms with Crippen LogP contribution in [0.1, 0.15) is 44.5 Å². The molecular weight excluding hydrogens is 338 g/mol. The summed E-state index contributed by atoms with van der Waals surface area (Å²) in [4.78, 5) is 30.9. The fourth-order valence-electron chi connectivity index (χ4n) is 2.52. The lowest BCUT2D eigenvalue weighted by Crippen LogP contribution is -2.38. The molecule has 0 radical (unpaired) electrons. The predicted octanol–water partition coefficient (Wildman–Crippen LogP) is 3.45. The second-order valence-electron chi connectivity index (χ2n) is 5.90. The molecule has 2 amide bonds. The standard InChI is InChI=1S/C18H23N3O3S/c1-11-16(25-13(3)19-11)12(2)20-18(23)21(4)10-14-6-8-15(9-7-14)17(22)24-5/h6-9,12H,10H2,1-5H3,(H,20,23)/t12-/m0/s1. The molecule has 0 aliphatic carbocycles. The number of thiazole rings is 1. The summed E-state index contributed by atoms with van der Waals surface area (Å²) in [7, 11) is 3.09. The Morgan fingerprint density at radius 2 is 1.92 bits per heavy atom. The lowest BCUT2D eigenvalue weighted by atomic mass is 10.1. The van der Waals surface area contributed by atoms with E-state index in [2.05, 4.69) is 15.0 Å². The third-order valence-corrected chi connectivity index (χ3v) is 5.07. The number of esters is 1. The number of urea groups is 1. The second kappa shape index (κ2) is 8.11. The molecule has 1 aromatic carbocycles. The molecule has 1 atom stereocenters. The summed E-state index contributed by atoms with van der Waals surface area (Å²) in [6.07, 6.45) is 0. The van der Waals surface area contributed by atoms with E-state index in [1.54, 1.807) is 35.4 Å². The maximum atomic E-state index is 12.4. The van der Waals surface area contributed by atoms with Gasteiger partial charge in [0.1, 0.15) is 0 Å². The Hall–Kier alpha value is -2.41. The number of aromatic nitrogens is 1. The van der Waals surface area contributed by atoms with Crippen molar-refractivity contribution in [1.29, 1.82) is 0 Å². The Balaban J connectivity index is 1.95. The minimum Gasteiger partial charge on any atom is -0.465 e. The van der Waals surface area contributed by atoms with E-state index in [-0.39, 0.29) is 18.0 Å².